The number of esters is 2. The van der Waals surface area contributed by atoms with Crippen molar-refractivity contribution in [3.05, 3.63) is 59.2 Å². The second-order valence-electron chi connectivity index (χ2n) is 7.05. The first-order valence-corrected chi connectivity index (χ1v) is 9.87. The molecule has 1 heterocycles. The predicted molar refractivity (Wildman–Crippen MR) is 110 cm³/mol. The van der Waals surface area contributed by atoms with E-state index in [1.165, 1.54) is 0 Å². The standard InChI is InChI=1S/C23H27NO5/c1-4-28-23(26)21-6-5-13-24(21)20-12-7-16(2)14-19(20)22(25)29-15-17-8-10-18(27-3)11-9-17/h7-12,14,21H,4-6,13,15H2,1-3H3/t21-/m0/s1. The number of anilines is 1. The minimum absolute atomic E-state index is 0.164. The third-order valence-corrected chi connectivity index (χ3v) is 5.02. The van der Waals surface area contributed by atoms with Crippen molar-refractivity contribution in [2.24, 2.45) is 0 Å². The lowest BCUT2D eigenvalue weighted by Gasteiger charge is -2.27. The number of benzene rings is 2. The van der Waals surface area contributed by atoms with E-state index in [-0.39, 0.29) is 18.6 Å². The molecule has 0 aromatic heterocycles. The number of rotatable bonds is 7. The van der Waals surface area contributed by atoms with Crippen molar-refractivity contribution in [1.82, 2.24) is 0 Å². The molecule has 0 amide bonds. The normalized spacial score (nSPS) is 15.8. The number of hydrogen-bond donors (Lipinski definition) is 0. The molecule has 0 spiro atoms. The Bertz CT molecular complexity index is 862. The average Bonchev–Trinajstić information content (AvgIpc) is 3.22. The first-order valence-electron chi connectivity index (χ1n) is 9.87. The molecule has 1 aliphatic rings. The molecule has 6 heteroatoms. The van der Waals surface area contributed by atoms with E-state index in [0.29, 0.717) is 30.8 Å². The molecule has 1 fully saturated rings. The maximum atomic E-state index is 12.9. The zero-order valence-corrected chi connectivity index (χ0v) is 17.1. The van der Waals surface area contributed by atoms with Crippen LogP contribution in [0.15, 0.2) is 42.5 Å². The van der Waals surface area contributed by atoms with E-state index in [0.717, 1.165) is 23.3 Å². The lowest BCUT2D eigenvalue weighted by atomic mass is 10.1. The summed E-state index contributed by atoms with van der Waals surface area (Å²) in [5, 5.41) is 0. The molecule has 0 aliphatic carbocycles. The van der Waals surface area contributed by atoms with Gasteiger partial charge in [0.25, 0.3) is 0 Å². The average molecular weight is 397 g/mol. The topological polar surface area (TPSA) is 65.1 Å². The predicted octanol–water partition coefficient (Wildman–Crippen LogP) is 3.89. The van der Waals surface area contributed by atoms with Crippen LogP contribution in [-0.2, 0) is 20.9 Å². The number of ether oxygens (including phenoxy) is 3. The van der Waals surface area contributed by atoms with Crippen LogP contribution in [0.2, 0.25) is 0 Å². The molecule has 154 valence electrons. The first-order chi connectivity index (χ1) is 14.0. The molecule has 0 unspecified atom stereocenters. The van der Waals surface area contributed by atoms with Crippen molar-refractivity contribution >= 4 is 17.6 Å². The Kier molecular flexibility index (Phi) is 6.75. The number of nitrogens with zero attached hydrogens (tertiary/aromatic N) is 1. The SMILES string of the molecule is CCOC(=O)[C@@H]1CCCN1c1ccc(C)cc1C(=O)OCc1ccc(OC)cc1. The van der Waals surface area contributed by atoms with Gasteiger partial charge in [0, 0.05) is 6.54 Å². The Labute approximate surface area is 171 Å². The van der Waals surface area contributed by atoms with E-state index in [2.05, 4.69) is 0 Å². The highest BCUT2D eigenvalue weighted by molar-refractivity contribution is 5.97. The maximum absolute atomic E-state index is 12.9. The van der Waals surface area contributed by atoms with Gasteiger partial charge in [0.05, 0.1) is 25.0 Å². The van der Waals surface area contributed by atoms with Crippen LogP contribution >= 0.6 is 0 Å². The summed E-state index contributed by atoms with van der Waals surface area (Å²) in [5.41, 5.74) is 3.01. The van der Waals surface area contributed by atoms with Gasteiger partial charge < -0.3 is 19.1 Å². The van der Waals surface area contributed by atoms with Gasteiger partial charge in [-0.05, 0) is 56.5 Å². The molecule has 1 aliphatic heterocycles. The van der Waals surface area contributed by atoms with Gasteiger partial charge in [0.1, 0.15) is 18.4 Å². The summed E-state index contributed by atoms with van der Waals surface area (Å²) in [5.74, 6) is 0.0947. The van der Waals surface area contributed by atoms with Gasteiger partial charge in [-0.25, -0.2) is 9.59 Å². The highest BCUT2D eigenvalue weighted by atomic mass is 16.5. The van der Waals surface area contributed by atoms with Crippen LogP contribution in [0.3, 0.4) is 0 Å². The summed E-state index contributed by atoms with van der Waals surface area (Å²) < 4.78 is 15.9. The van der Waals surface area contributed by atoms with Gasteiger partial charge in [0.2, 0.25) is 0 Å². The van der Waals surface area contributed by atoms with E-state index in [9.17, 15) is 9.59 Å². The van der Waals surface area contributed by atoms with Crippen molar-refractivity contribution in [2.75, 3.05) is 25.2 Å². The molecule has 0 bridgehead atoms. The second kappa shape index (κ2) is 9.45. The zero-order valence-electron chi connectivity index (χ0n) is 17.1. The van der Waals surface area contributed by atoms with Crippen molar-refractivity contribution in [3.8, 4) is 5.75 Å². The van der Waals surface area contributed by atoms with Crippen molar-refractivity contribution < 1.29 is 23.8 Å². The van der Waals surface area contributed by atoms with Crippen LogP contribution in [0, 0.1) is 6.92 Å². The van der Waals surface area contributed by atoms with E-state index in [1.807, 2.05) is 54.3 Å². The second-order valence-corrected chi connectivity index (χ2v) is 7.05. The number of aryl methyl sites for hydroxylation is 1. The zero-order chi connectivity index (χ0) is 20.8. The van der Waals surface area contributed by atoms with Gasteiger partial charge in [-0.2, -0.15) is 0 Å². The summed E-state index contributed by atoms with van der Waals surface area (Å²) in [6.45, 7) is 4.93. The minimum atomic E-state index is -0.408. The summed E-state index contributed by atoms with van der Waals surface area (Å²) in [7, 11) is 1.61. The lowest BCUT2D eigenvalue weighted by Crippen LogP contribution is -2.38. The van der Waals surface area contributed by atoms with Crippen molar-refractivity contribution in [2.45, 2.75) is 39.3 Å². The molecule has 0 saturated carbocycles. The molecule has 6 nitrogen and oxygen atoms in total. The third kappa shape index (κ3) is 4.88. The first kappa shape index (κ1) is 20.7. The Hall–Kier alpha value is -3.02. The smallest absolute Gasteiger partial charge is 0.340 e. The third-order valence-electron chi connectivity index (χ3n) is 5.02. The maximum Gasteiger partial charge on any atom is 0.340 e. The van der Waals surface area contributed by atoms with E-state index in [1.54, 1.807) is 14.0 Å². The minimum Gasteiger partial charge on any atom is -0.497 e. The number of hydrogen-bond acceptors (Lipinski definition) is 6. The molecule has 2 aromatic rings. The van der Waals surface area contributed by atoms with Crippen LogP contribution < -0.4 is 9.64 Å². The van der Waals surface area contributed by atoms with Crippen LogP contribution in [0.5, 0.6) is 5.75 Å². The summed E-state index contributed by atoms with van der Waals surface area (Å²) in [6.07, 6.45) is 1.59. The van der Waals surface area contributed by atoms with Gasteiger partial charge in [-0.3, -0.25) is 0 Å². The Balaban J connectivity index is 1.78. The Morgan fingerprint density at radius 1 is 1.10 bits per heavy atom. The van der Waals surface area contributed by atoms with Crippen LogP contribution in [0.4, 0.5) is 5.69 Å². The molecular formula is C23H27NO5. The van der Waals surface area contributed by atoms with E-state index >= 15 is 0 Å². The summed E-state index contributed by atoms with van der Waals surface area (Å²) >= 11 is 0. The highest BCUT2D eigenvalue weighted by Crippen LogP contribution is 2.31. The molecule has 3 rings (SSSR count). The van der Waals surface area contributed by atoms with E-state index in [4.69, 9.17) is 14.2 Å². The fraction of sp³-hybridized carbons (Fsp3) is 0.391. The van der Waals surface area contributed by atoms with Crippen molar-refractivity contribution in [1.29, 1.82) is 0 Å². The van der Waals surface area contributed by atoms with Gasteiger partial charge >= 0.3 is 11.9 Å². The molecule has 2 aromatic carbocycles. The molecule has 0 N–H and O–H groups in total. The molecule has 29 heavy (non-hydrogen) atoms. The monoisotopic (exact) mass is 397 g/mol. The van der Waals surface area contributed by atoms with Gasteiger partial charge in [0.15, 0.2) is 0 Å². The molecule has 0 radical (unpaired) electrons. The largest absolute Gasteiger partial charge is 0.497 e. The molecule has 1 saturated heterocycles. The highest BCUT2D eigenvalue weighted by Gasteiger charge is 2.34. The summed E-state index contributed by atoms with van der Waals surface area (Å²) in [6, 6.07) is 12.6. The van der Waals surface area contributed by atoms with Crippen LogP contribution in [0.1, 0.15) is 41.3 Å². The molecular weight excluding hydrogens is 370 g/mol. The van der Waals surface area contributed by atoms with Crippen molar-refractivity contribution in [3.63, 3.8) is 0 Å². The van der Waals surface area contributed by atoms with Gasteiger partial charge in [-0.1, -0.05) is 23.8 Å². The fourth-order valence-corrected chi connectivity index (χ4v) is 3.55. The lowest BCUT2D eigenvalue weighted by molar-refractivity contribution is -0.144. The van der Waals surface area contributed by atoms with E-state index < -0.39 is 5.97 Å². The molecule has 1 atom stereocenters. The summed E-state index contributed by atoms with van der Waals surface area (Å²) in [4.78, 5) is 27.2. The number of carbonyl (C=O) groups is 2. The Morgan fingerprint density at radius 2 is 1.86 bits per heavy atom. The van der Waals surface area contributed by atoms with Crippen LogP contribution in [0.25, 0.3) is 0 Å². The van der Waals surface area contributed by atoms with Crippen LogP contribution in [-0.4, -0.2) is 38.2 Å². The van der Waals surface area contributed by atoms with Gasteiger partial charge in [-0.15, -0.1) is 0 Å². The number of methoxy groups -OCH3 is 1. The number of carbonyl (C=O) groups excluding carboxylic acids is 2. The fourth-order valence-electron chi connectivity index (χ4n) is 3.55. The Morgan fingerprint density at radius 3 is 2.55 bits per heavy atom. The quantitative estimate of drug-likeness (QED) is 0.661.